The number of aromatic nitrogens is 2. The average Bonchev–Trinajstić information content (AvgIpc) is 2.51. The predicted octanol–water partition coefficient (Wildman–Crippen LogP) is 1.36. The number of rotatable bonds is 0. The summed E-state index contributed by atoms with van der Waals surface area (Å²) in [7, 11) is 0. The van der Waals surface area contributed by atoms with Gasteiger partial charge in [-0.2, -0.15) is 0 Å². The molecule has 0 atom stereocenters. The molecule has 0 bridgehead atoms. The highest BCUT2D eigenvalue weighted by molar-refractivity contribution is 5.84. The van der Waals surface area contributed by atoms with Gasteiger partial charge in [-0.05, 0) is 11.6 Å². The maximum absolute atomic E-state index is 11.4. The minimum absolute atomic E-state index is 0.110. The Hall–Kier alpha value is -2.10. The lowest BCUT2D eigenvalue weighted by atomic mass is 10.1. The summed E-state index contributed by atoms with van der Waals surface area (Å²) in [5.74, 6) is 0. The Labute approximate surface area is 85.7 Å². The molecule has 2 N–H and O–H groups in total. The van der Waals surface area contributed by atoms with E-state index in [1.54, 1.807) is 6.21 Å². The summed E-state index contributed by atoms with van der Waals surface area (Å²) in [6.45, 7) is 0. The molecule has 0 fully saturated rings. The van der Waals surface area contributed by atoms with Crippen molar-refractivity contribution in [3.63, 3.8) is 0 Å². The van der Waals surface area contributed by atoms with E-state index in [9.17, 15) is 4.79 Å². The first-order valence-electron chi connectivity index (χ1n) is 4.76. The molecular formula is C11H9N3O. The van der Waals surface area contributed by atoms with Crippen molar-refractivity contribution in [2.75, 3.05) is 0 Å². The molecule has 2 heterocycles. The Morgan fingerprint density at radius 3 is 3.00 bits per heavy atom. The first-order valence-corrected chi connectivity index (χ1v) is 4.76. The quantitative estimate of drug-likeness (QED) is 0.564. The van der Waals surface area contributed by atoms with Crippen LogP contribution < -0.4 is 5.56 Å². The van der Waals surface area contributed by atoms with Gasteiger partial charge < -0.3 is 5.10 Å². The third kappa shape index (κ3) is 1.22. The Kier molecular flexibility index (Phi) is 1.62. The molecule has 74 valence electrons. The van der Waals surface area contributed by atoms with E-state index in [2.05, 4.69) is 15.2 Å². The summed E-state index contributed by atoms with van der Waals surface area (Å²) in [5, 5.41) is 5.44. The second kappa shape index (κ2) is 2.95. The van der Waals surface area contributed by atoms with Gasteiger partial charge in [0, 0.05) is 12.6 Å². The highest BCUT2D eigenvalue weighted by atomic mass is 16.1. The van der Waals surface area contributed by atoms with E-state index < -0.39 is 0 Å². The van der Waals surface area contributed by atoms with Crippen molar-refractivity contribution in [2.45, 2.75) is 6.42 Å². The van der Waals surface area contributed by atoms with Crippen molar-refractivity contribution in [1.82, 2.24) is 10.2 Å². The molecular weight excluding hydrogens is 190 g/mol. The van der Waals surface area contributed by atoms with Crippen LogP contribution in [-0.2, 0) is 6.42 Å². The van der Waals surface area contributed by atoms with Gasteiger partial charge >= 0.3 is 0 Å². The van der Waals surface area contributed by atoms with Crippen LogP contribution in [0, 0.1) is 0 Å². The van der Waals surface area contributed by atoms with Gasteiger partial charge in [-0.1, -0.05) is 18.2 Å². The fourth-order valence-corrected chi connectivity index (χ4v) is 1.79. The van der Waals surface area contributed by atoms with Crippen LogP contribution in [-0.4, -0.2) is 16.4 Å². The van der Waals surface area contributed by atoms with Gasteiger partial charge in [-0.15, -0.1) is 0 Å². The van der Waals surface area contributed by atoms with Crippen molar-refractivity contribution in [3.05, 3.63) is 51.4 Å². The van der Waals surface area contributed by atoms with Crippen LogP contribution >= 0.6 is 0 Å². The zero-order valence-corrected chi connectivity index (χ0v) is 7.95. The van der Waals surface area contributed by atoms with Gasteiger partial charge in [0.15, 0.2) is 0 Å². The number of hydrogen-bond acceptors (Lipinski definition) is 2. The number of fused-ring (bicyclic) bond motifs is 2. The molecule has 0 amide bonds. The fraction of sp³-hybridized carbons (Fsp3) is 0.0909. The van der Waals surface area contributed by atoms with E-state index in [0.29, 0.717) is 12.0 Å². The molecule has 4 heteroatoms. The summed E-state index contributed by atoms with van der Waals surface area (Å²) < 4.78 is 0. The van der Waals surface area contributed by atoms with Gasteiger partial charge in [-0.3, -0.25) is 14.9 Å². The zero-order valence-electron chi connectivity index (χ0n) is 7.95. The molecule has 0 spiro atoms. The average molecular weight is 199 g/mol. The summed E-state index contributed by atoms with van der Waals surface area (Å²) >= 11 is 0. The number of para-hydroxylation sites is 1. The second-order valence-corrected chi connectivity index (χ2v) is 3.54. The van der Waals surface area contributed by atoms with E-state index in [1.165, 1.54) is 0 Å². The highest BCUT2D eigenvalue weighted by Crippen LogP contribution is 2.23. The van der Waals surface area contributed by atoms with Crippen LogP contribution in [0.3, 0.4) is 0 Å². The molecule has 0 saturated heterocycles. The molecule has 2 aromatic rings. The lowest BCUT2D eigenvalue weighted by Crippen LogP contribution is -2.05. The molecule has 0 aliphatic carbocycles. The van der Waals surface area contributed by atoms with Gasteiger partial charge in [0.05, 0.1) is 16.9 Å². The lowest BCUT2D eigenvalue weighted by Gasteiger charge is -2.00. The predicted molar refractivity (Wildman–Crippen MR) is 57.9 cm³/mol. The van der Waals surface area contributed by atoms with E-state index in [1.807, 2.05) is 24.3 Å². The van der Waals surface area contributed by atoms with Crippen LogP contribution in [0.4, 0.5) is 5.69 Å². The van der Waals surface area contributed by atoms with Crippen LogP contribution in [0.2, 0.25) is 0 Å². The van der Waals surface area contributed by atoms with Gasteiger partial charge in [-0.25, -0.2) is 0 Å². The molecule has 4 nitrogen and oxygen atoms in total. The van der Waals surface area contributed by atoms with E-state index in [-0.39, 0.29) is 5.56 Å². The zero-order chi connectivity index (χ0) is 10.3. The molecule has 1 aliphatic heterocycles. The smallest absolute Gasteiger partial charge is 0.273 e. The number of benzene rings is 1. The molecule has 15 heavy (non-hydrogen) atoms. The van der Waals surface area contributed by atoms with E-state index in [4.69, 9.17) is 0 Å². The number of nitrogens with one attached hydrogen (secondary N) is 2. The number of nitrogens with zero attached hydrogens (tertiary/aromatic N) is 1. The fourth-order valence-electron chi connectivity index (χ4n) is 1.79. The third-order valence-corrected chi connectivity index (χ3v) is 2.59. The minimum atomic E-state index is -0.110. The summed E-state index contributed by atoms with van der Waals surface area (Å²) in [6, 6.07) is 7.89. The molecule has 1 aliphatic rings. The normalized spacial score (nSPS) is 13.1. The Bertz CT molecular complexity index is 592. The number of hydrogen-bond donors (Lipinski definition) is 2. The Morgan fingerprint density at radius 1 is 1.20 bits per heavy atom. The van der Waals surface area contributed by atoms with E-state index in [0.717, 1.165) is 16.9 Å². The second-order valence-electron chi connectivity index (χ2n) is 3.54. The van der Waals surface area contributed by atoms with Crippen molar-refractivity contribution >= 4 is 11.9 Å². The minimum Gasteiger partial charge on any atom is -0.301 e. The molecule has 0 unspecified atom stereocenters. The van der Waals surface area contributed by atoms with Crippen molar-refractivity contribution < 1.29 is 0 Å². The van der Waals surface area contributed by atoms with Crippen LogP contribution in [0.25, 0.3) is 0 Å². The Balaban J connectivity index is 2.24. The largest absolute Gasteiger partial charge is 0.301 e. The van der Waals surface area contributed by atoms with Gasteiger partial charge in [0.25, 0.3) is 5.56 Å². The number of aromatic amines is 2. The maximum Gasteiger partial charge on any atom is 0.273 e. The molecule has 1 aromatic carbocycles. The number of aliphatic imine (C=N–C) groups is 1. The van der Waals surface area contributed by atoms with Crippen molar-refractivity contribution in [3.8, 4) is 0 Å². The summed E-state index contributed by atoms with van der Waals surface area (Å²) in [5.41, 5.74) is 3.48. The third-order valence-electron chi connectivity index (χ3n) is 2.59. The van der Waals surface area contributed by atoms with Crippen molar-refractivity contribution in [1.29, 1.82) is 0 Å². The van der Waals surface area contributed by atoms with Crippen LogP contribution in [0.1, 0.15) is 16.8 Å². The van der Waals surface area contributed by atoms with Gasteiger partial charge in [0.1, 0.15) is 0 Å². The summed E-state index contributed by atoms with van der Waals surface area (Å²) in [6.07, 6.45) is 2.33. The lowest BCUT2D eigenvalue weighted by molar-refractivity contribution is 0.983. The van der Waals surface area contributed by atoms with Crippen LogP contribution in [0.15, 0.2) is 34.1 Å². The SMILES string of the molecule is O=c1[nH][nH]c2c1C=Nc1ccccc1C2. The molecule has 1 aromatic heterocycles. The topological polar surface area (TPSA) is 61.0 Å². The maximum atomic E-state index is 11.4. The Morgan fingerprint density at radius 2 is 2.07 bits per heavy atom. The summed E-state index contributed by atoms with van der Waals surface area (Å²) in [4.78, 5) is 15.7. The standard InChI is InChI=1S/C11H9N3O/c15-11-8-6-12-9-4-2-1-3-7(9)5-10(8)13-14-11/h1-4,6H,5H2,(H2,13,14,15). The highest BCUT2D eigenvalue weighted by Gasteiger charge is 2.13. The van der Waals surface area contributed by atoms with Crippen molar-refractivity contribution in [2.24, 2.45) is 4.99 Å². The monoisotopic (exact) mass is 199 g/mol. The molecule has 3 rings (SSSR count). The molecule has 0 radical (unpaired) electrons. The van der Waals surface area contributed by atoms with E-state index >= 15 is 0 Å². The number of H-pyrrole nitrogens is 2. The van der Waals surface area contributed by atoms with Gasteiger partial charge in [0.2, 0.25) is 0 Å². The first-order chi connectivity index (χ1) is 7.34. The van der Waals surface area contributed by atoms with Crippen LogP contribution in [0.5, 0.6) is 0 Å². The first kappa shape index (κ1) is 8.23. The molecule has 0 saturated carbocycles.